The zero-order valence-corrected chi connectivity index (χ0v) is 17.0. The van der Waals surface area contributed by atoms with Gasteiger partial charge in [0.15, 0.2) is 5.78 Å². The number of hydrogen-bond acceptors (Lipinski definition) is 4. The monoisotopic (exact) mass is 372 g/mol. The van der Waals surface area contributed by atoms with Crippen LogP contribution >= 0.6 is 0 Å². The average molecular weight is 373 g/mol. The first-order valence-corrected chi connectivity index (χ1v) is 10.6. The number of fused-ring (bicyclic) bond motifs is 5. The Morgan fingerprint density at radius 2 is 1.85 bits per heavy atom. The summed E-state index contributed by atoms with van der Waals surface area (Å²) in [6.45, 7) is 7.50. The highest BCUT2D eigenvalue weighted by molar-refractivity contribution is 6.04. The third-order valence-corrected chi connectivity index (χ3v) is 8.79. The lowest BCUT2D eigenvalue weighted by Gasteiger charge is -2.60. The highest BCUT2D eigenvalue weighted by atomic mass is 16.5. The predicted molar refractivity (Wildman–Crippen MR) is 102 cm³/mol. The normalized spacial score (nSPS) is 46.0. The molecule has 0 aliphatic heterocycles. The third kappa shape index (κ3) is 2.66. The third-order valence-electron chi connectivity index (χ3n) is 8.79. The zero-order chi connectivity index (χ0) is 19.6. The number of esters is 1. The molecule has 3 saturated carbocycles. The van der Waals surface area contributed by atoms with Gasteiger partial charge in [0.1, 0.15) is 11.9 Å². The minimum atomic E-state index is -0.564. The van der Waals surface area contributed by atoms with Gasteiger partial charge in [-0.15, -0.1) is 0 Å². The molecule has 27 heavy (non-hydrogen) atoms. The average Bonchev–Trinajstić information content (AvgIpc) is 2.95. The van der Waals surface area contributed by atoms with Gasteiger partial charge in [-0.05, 0) is 81.5 Å². The summed E-state index contributed by atoms with van der Waals surface area (Å²) in [5.41, 5.74) is 0.350. The lowest BCUT2D eigenvalue weighted by Crippen LogP contribution is -2.57. The molecule has 0 bridgehead atoms. The van der Waals surface area contributed by atoms with Crippen molar-refractivity contribution in [3.63, 3.8) is 0 Å². The molecule has 148 valence electrons. The molecule has 7 atom stereocenters. The van der Waals surface area contributed by atoms with Crippen LogP contribution in [0.3, 0.4) is 0 Å². The maximum Gasteiger partial charge on any atom is 0.302 e. The van der Waals surface area contributed by atoms with Gasteiger partial charge in [0.05, 0.1) is 5.41 Å². The van der Waals surface area contributed by atoms with Crippen LogP contribution in [0.1, 0.15) is 72.6 Å². The number of hydrogen-bond donors (Lipinski definition) is 0. The molecule has 4 aliphatic carbocycles. The Kier molecular flexibility index (Phi) is 4.40. The molecule has 0 heterocycles. The first-order chi connectivity index (χ1) is 12.7. The van der Waals surface area contributed by atoms with Gasteiger partial charge in [-0.3, -0.25) is 14.4 Å². The van der Waals surface area contributed by atoms with Crippen LogP contribution in [0.5, 0.6) is 0 Å². The lowest BCUT2D eigenvalue weighted by molar-refractivity contribution is -0.163. The van der Waals surface area contributed by atoms with Crippen LogP contribution in [0.25, 0.3) is 0 Å². The molecule has 4 aliphatic rings. The fraction of sp³-hybridized carbons (Fsp3) is 0.783. The summed E-state index contributed by atoms with van der Waals surface area (Å²) >= 11 is 0. The van der Waals surface area contributed by atoms with Crippen molar-refractivity contribution in [1.82, 2.24) is 0 Å². The van der Waals surface area contributed by atoms with Crippen molar-refractivity contribution < 1.29 is 19.1 Å². The zero-order valence-electron chi connectivity index (χ0n) is 17.0. The number of carbonyl (C=O) groups is 3. The highest BCUT2D eigenvalue weighted by Crippen LogP contribution is 2.65. The van der Waals surface area contributed by atoms with Crippen molar-refractivity contribution in [2.75, 3.05) is 0 Å². The molecule has 4 rings (SSSR count). The Balaban J connectivity index is 1.60. The van der Waals surface area contributed by atoms with Crippen molar-refractivity contribution in [3.05, 3.63) is 11.6 Å². The van der Waals surface area contributed by atoms with Crippen LogP contribution in [-0.2, 0) is 19.1 Å². The van der Waals surface area contributed by atoms with E-state index in [-0.39, 0.29) is 35.0 Å². The van der Waals surface area contributed by atoms with E-state index >= 15 is 0 Å². The topological polar surface area (TPSA) is 60.4 Å². The molecule has 0 aromatic rings. The summed E-state index contributed by atoms with van der Waals surface area (Å²) in [6.07, 6.45) is 8.72. The van der Waals surface area contributed by atoms with Gasteiger partial charge < -0.3 is 4.74 Å². The van der Waals surface area contributed by atoms with Crippen molar-refractivity contribution in [2.45, 2.75) is 78.7 Å². The summed E-state index contributed by atoms with van der Waals surface area (Å²) in [5.74, 6) is 1.88. The second kappa shape index (κ2) is 6.28. The van der Waals surface area contributed by atoms with Crippen LogP contribution in [0.15, 0.2) is 11.6 Å². The Morgan fingerprint density at radius 3 is 2.52 bits per heavy atom. The summed E-state index contributed by atoms with van der Waals surface area (Å²) in [7, 11) is 0. The Bertz CT molecular complexity index is 722. The second-order valence-electron chi connectivity index (χ2n) is 9.90. The van der Waals surface area contributed by atoms with E-state index in [1.54, 1.807) is 6.92 Å². The van der Waals surface area contributed by atoms with Gasteiger partial charge in [-0.25, -0.2) is 0 Å². The second-order valence-corrected chi connectivity index (χ2v) is 9.90. The smallest absolute Gasteiger partial charge is 0.302 e. The number of carbonyl (C=O) groups excluding carboxylic acids is 3. The lowest BCUT2D eigenvalue weighted by atomic mass is 9.44. The maximum absolute atomic E-state index is 13.3. The van der Waals surface area contributed by atoms with Gasteiger partial charge in [-0.2, -0.15) is 0 Å². The quantitative estimate of drug-likeness (QED) is 0.679. The predicted octanol–water partition coefficient (Wildman–Crippen LogP) is 4.27. The first kappa shape index (κ1) is 18.9. The van der Waals surface area contributed by atoms with Crippen molar-refractivity contribution >= 4 is 17.5 Å². The van der Waals surface area contributed by atoms with E-state index in [1.807, 2.05) is 6.92 Å². The van der Waals surface area contributed by atoms with Crippen LogP contribution < -0.4 is 0 Å². The summed E-state index contributed by atoms with van der Waals surface area (Å²) < 4.78 is 5.52. The molecule has 4 nitrogen and oxygen atoms in total. The number of ether oxygens (including phenoxy) is 1. The summed E-state index contributed by atoms with van der Waals surface area (Å²) in [6, 6.07) is 0. The molecular formula is C23H32O4. The van der Waals surface area contributed by atoms with E-state index in [0.717, 1.165) is 44.1 Å². The molecular weight excluding hydrogens is 340 g/mol. The van der Waals surface area contributed by atoms with Crippen molar-refractivity contribution in [2.24, 2.45) is 34.5 Å². The summed E-state index contributed by atoms with van der Waals surface area (Å²) in [4.78, 5) is 36.9. The van der Waals surface area contributed by atoms with Crippen molar-refractivity contribution in [1.29, 1.82) is 0 Å². The molecule has 0 saturated heterocycles. The van der Waals surface area contributed by atoms with Gasteiger partial charge in [-0.1, -0.05) is 13.0 Å². The first-order valence-electron chi connectivity index (χ1n) is 10.6. The standard InChI is InChI=1S/C23H32O4/c1-13(24)18-7-8-19-17-6-5-15-11-16(27-14(2)25)9-10-22(15,3)20(17)12-21(26)23(18,19)4/h7,15-17,19-20H,5-6,8-12H2,1-4H3/t15-,16-,17+,19-,20-,22-,23+/m0/s1. The van der Waals surface area contributed by atoms with E-state index in [2.05, 4.69) is 13.0 Å². The largest absolute Gasteiger partial charge is 0.463 e. The van der Waals surface area contributed by atoms with E-state index in [4.69, 9.17) is 4.74 Å². The number of ketones is 2. The Hall–Kier alpha value is -1.45. The fourth-order valence-electron chi connectivity index (χ4n) is 7.38. The van der Waals surface area contributed by atoms with Gasteiger partial charge in [0.25, 0.3) is 0 Å². The van der Waals surface area contributed by atoms with Gasteiger partial charge in [0, 0.05) is 18.9 Å². The SMILES string of the molecule is CC(=O)O[C@H]1CC[C@@]2(C)[C@@H](CC[C@@H]3[C@@H]4CC=C(C(C)=O)[C@@]4(C)C(=O)C[C@@H]32)C1. The molecule has 0 N–H and O–H groups in total. The van der Waals surface area contributed by atoms with Crippen LogP contribution in [0, 0.1) is 34.5 Å². The van der Waals surface area contributed by atoms with E-state index in [1.165, 1.54) is 6.92 Å². The Labute approximate surface area is 162 Å². The molecule has 0 amide bonds. The molecule has 0 unspecified atom stereocenters. The van der Waals surface area contributed by atoms with Crippen molar-refractivity contribution in [3.8, 4) is 0 Å². The van der Waals surface area contributed by atoms with E-state index in [0.29, 0.717) is 24.2 Å². The van der Waals surface area contributed by atoms with Crippen LogP contribution in [-0.4, -0.2) is 23.6 Å². The minimum Gasteiger partial charge on any atom is -0.463 e. The molecule has 0 spiro atoms. The number of allylic oxidation sites excluding steroid dienone is 2. The number of Topliss-reactive ketones (excluding diaryl/α,β-unsaturated/α-hetero) is 2. The van der Waals surface area contributed by atoms with Crippen LogP contribution in [0.4, 0.5) is 0 Å². The molecule has 4 heteroatoms. The van der Waals surface area contributed by atoms with E-state index < -0.39 is 5.41 Å². The van der Waals surface area contributed by atoms with Gasteiger partial charge in [0.2, 0.25) is 0 Å². The molecule has 3 fully saturated rings. The van der Waals surface area contributed by atoms with Gasteiger partial charge >= 0.3 is 5.97 Å². The molecule has 0 aromatic heterocycles. The minimum absolute atomic E-state index is 0.0409. The Morgan fingerprint density at radius 1 is 1.11 bits per heavy atom. The number of rotatable bonds is 2. The molecule has 0 aromatic carbocycles. The molecule has 0 radical (unpaired) electrons. The fourth-order valence-corrected chi connectivity index (χ4v) is 7.38. The van der Waals surface area contributed by atoms with E-state index in [9.17, 15) is 14.4 Å². The van der Waals surface area contributed by atoms with Crippen LogP contribution in [0.2, 0.25) is 0 Å². The summed E-state index contributed by atoms with van der Waals surface area (Å²) in [5, 5.41) is 0. The maximum atomic E-state index is 13.3. The highest BCUT2D eigenvalue weighted by Gasteiger charge is 2.62.